The smallest absolute Gasteiger partial charge is 0.431 e. The van der Waals surface area contributed by atoms with Crippen LogP contribution in [0.1, 0.15) is 34.6 Å². The number of carbonyl (C=O) groups is 3. The van der Waals surface area contributed by atoms with E-state index in [-0.39, 0.29) is 0 Å². The zero-order chi connectivity index (χ0) is 17.8. The molecular formula is C15H22N2O6. The monoisotopic (exact) mass is 326 g/mol. The molecule has 3 atom stereocenters. The first-order chi connectivity index (χ1) is 10.5. The van der Waals surface area contributed by atoms with Gasteiger partial charge in [0.1, 0.15) is 22.5 Å². The zero-order valence-electron chi connectivity index (χ0n) is 14.4. The lowest BCUT2D eigenvalue weighted by Gasteiger charge is -2.27. The standard InChI is InChI=1S/C15H22N2O6/c1-8-15(11(19)22-7)9(10(18)21-6)14(15,5)17(16-8)12(20)23-13(2,3)4/h9H,1-7H3/t9-,14+,15-/m1/s1. The Kier molecular flexibility index (Phi) is 3.70. The summed E-state index contributed by atoms with van der Waals surface area (Å²) in [7, 11) is 2.46. The molecule has 0 unspecified atom stereocenters. The number of nitrogens with zero attached hydrogens (tertiary/aromatic N) is 2. The van der Waals surface area contributed by atoms with Crippen molar-refractivity contribution in [3.05, 3.63) is 0 Å². The molecule has 0 N–H and O–H groups in total. The van der Waals surface area contributed by atoms with Gasteiger partial charge in [0, 0.05) is 0 Å². The van der Waals surface area contributed by atoms with Crippen molar-refractivity contribution < 1.29 is 28.6 Å². The number of hydrogen-bond acceptors (Lipinski definition) is 7. The number of rotatable bonds is 2. The van der Waals surface area contributed by atoms with Crippen LogP contribution in [0.25, 0.3) is 0 Å². The van der Waals surface area contributed by atoms with Gasteiger partial charge in [-0.1, -0.05) is 0 Å². The minimum Gasteiger partial charge on any atom is -0.469 e. The quantitative estimate of drug-likeness (QED) is 0.561. The Bertz CT molecular complexity index is 608. The van der Waals surface area contributed by atoms with E-state index in [4.69, 9.17) is 14.2 Å². The van der Waals surface area contributed by atoms with Gasteiger partial charge < -0.3 is 14.2 Å². The van der Waals surface area contributed by atoms with E-state index in [1.54, 1.807) is 34.6 Å². The molecule has 0 saturated heterocycles. The van der Waals surface area contributed by atoms with Crippen molar-refractivity contribution in [3.8, 4) is 0 Å². The van der Waals surface area contributed by atoms with Gasteiger partial charge in [0.25, 0.3) is 0 Å². The summed E-state index contributed by atoms with van der Waals surface area (Å²) in [5, 5.41) is 5.21. The zero-order valence-corrected chi connectivity index (χ0v) is 14.4. The van der Waals surface area contributed by atoms with Crippen LogP contribution in [0, 0.1) is 11.3 Å². The molecule has 1 saturated carbocycles. The van der Waals surface area contributed by atoms with E-state index < -0.39 is 40.5 Å². The van der Waals surface area contributed by atoms with Gasteiger partial charge in [-0.05, 0) is 34.6 Å². The predicted molar refractivity (Wildman–Crippen MR) is 79.5 cm³/mol. The number of carbonyl (C=O) groups excluding carboxylic acids is 3. The highest BCUT2D eigenvalue weighted by Gasteiger charge is 2.90. The maximum atomic E-state index is 12.5. The predicted octanol–water partition coefficient (Wildman–Crippen LogP) is 1.33. The van der Waals surface area contributed by atoms with Gasteiger partial charge in [0.2, 0.25) is 0 Å². The third-order valence-electron chi connectivity index (χ3n) is 4.48. The van der Waals surface area contributed by atoms with E-state index in [0.29, 0.717) is 5.71 Å². The van der Waals surface area contributed by atoms with E-state index >= 15 is 0 Å². The van der Waals surface area contributed by atoms with Crippen molar-refractivity contribution in [2.45, 2.75) is 45.8 Å². The van der Waals surface area contributed by atoms with E-state index in [2.05, 4.69) is 5.10 Å². The van der Waals surface area contributed by atoms with Gasteiger partial charge in [-0.25, -0.2) is 4.79 Å². The normalized spacial score (nSPS) is 31.9. The molecule has 2 rings (SSSR count). The largest absolute Gasteiger partial charge is 0.469 e. The lowest BCUT2D eigenvalue weighted by molar-refractivity contribution is -0.150. The maximum absolute atomic E-state index is 12.5. The molecular weight excluding hydrogens is 304 g/mol. The second kappa shape index (κ2) is 4.94. The second-order valence-corrected chi connectivity index (χ2v) is 6.88. The van der Waals surface area contributed by atoms with Crippen LogP contribution >= 0.6 is 0 Å². The van der Waals surface area contributed by atoms with Crippen molar-refractivity contribution >= 4 is 23.7 Å². The van der Waals surface area contributed by atoms with Gasteiger partial charge >= 0.3 is 18.0 Å². The van der Waals surface area contributed by atoms with Gasteiger partial charge in [0.05, 0.1) is 19.9 Å². The van der Waals surface area contributed by atoms with Crippen LogP contribution in [0.4, 0.5) is 4.79 Å². The summed E-state index contributed by atoms with van der Waals surface area (Å²) in [5.41, 5.74) is -2.93. The Morgan fingerprint density at radius 1 is 1.17 bits per heavy atom. The fraction of sp³-hybridized carbons (Fsp3) is 0.733. The molecule has 1 heterocycles. The number of esters is 2. The van der Waals surface area contributed by atoms with Crippen LogP contribution in [0.15, 0.2) is 5.10 Å². The van der Waals surface area contributed by atoms with Crippen molar-refractivity contribution in [2.75, 3.05) is 14.2 Å². The van der Waals surface area contributed by atoms with E-state index in [9.17, 15) is 14.4 Å². The molecule has 0 aromatic heterocycles. The Labute approximate surface area is 134 Å². The first kappa shape index (κ1) is 17.2. The van der Waals surface area contributed by atoms with Crippen molar-refractivity contribution in [1.82, 2.24) is 5.01 Å². The summed E-state index contributed by atoms with van der Waals surface area (Å²) in [6, 6.07) is 0. The number of hydrazone groups is 1. The molecule has 128 valence electrons. The highest BCUT2D eigenvalue weighted by Crippen LogP contribution is 2.70. The van der Waals surface area contributed by atoms with Crippen LogP contribution in [-0.4, -0.2) is 54.1 Å². The Hall–Kier alpha value is -2.12. The number of hydrogen-bond donors (Lipinski definition) is 0. The molecule has 1 aliphatic carbocycles. The number of fused-ring (bicyclic) bond motifs is 1. The van der Waals surface area contributed by atoms with Crippen molar-refractivity contribution in [3.63, 3.8) is 0 Å². The maximum Gasteiger partial charge on any atom is 0.431 e. The first-order valence-electron chi connectivity index (χ1n) is 7.23. The highest BCUT2D eigenvalue weighted by molar-refractivity contribution is 6.18. The molecule has 0 radical (unpaired) electrons. The second-order valence-electron chi connectivity index (χ2n) is 6.88. The van der Waals surface area contributed by atoms with Gasteiger partial charge in [-0.15, -0.1) is 0 Å². The van der Waals surface area contributed by atoms with Crippen molar-refractivity contribution in [1.29, 1.82) is 0 Å². The average molecular weight is 326 g/mol. The number of ether oxygens (including phenoxy) is 3. The van der Waals surface area contributed by atoms with Crippen molar-refractivity contribution in [2.24, 2.45) is 16.4 Å². The number of amides is 1. The molecule has 8 heteroatoms. The number of methoxy groups -OCH3 is 2. The fourth-order valence-corrected chi connectivity index (χ4v) is 3.49. The summed E-state index contributed by atoms with van der Waals surface area (Å²) < 4.78 is 15.0. The average Bonchev–Trinajstić information content (AvgIpc) is 2.94. The molecule has 8 nitrogen and oxygen atoms in total. The molecule has 0 aromatic rings. The third-order valence-corrected chi connectivity index (χ3v) is 4.48. The SMILES string of the molecule is COC(=O)[C@H]1[C@@]2(C(=O)OC)C(C)=NN(C(=O)OC(C)(C)C)[C@@]12C. The lowest BCUT2D eigenvalue weighted by Crippen LogP contribution is -2.42. The van der Waals surface area contributed by atoms with Crippen LogP contribution in [0.5, 0.6) is 0 Å². The van der Waals surface area contributed by atoms with E-state index in [1.807, 2.05) is 0 Å². The molecule has 23 heavy (non-hydrogen) atoms. The molecule has 1 fully saturated rings. The third kappa shape index (κ3) is 2.04. The topological polar surface area (TPSA) is 94.5 Å². The van der Waals surface area contributed by atoms with Gasteiger partial charge in [-0.2, -0.15) is 10.1 Å². The minimum atomic E-state index is -1.33. The highest BCUT2D eigenvalue weighted by atomic mass is 16.6. The molecule has 2 aliphatic rings. The summed E-state index contributed by atoms with van der Waals surface area (Å²) in [6.45, 7) is 8.35. The Morgan fingerprint density at radius 2 is 1.74 bits per heavy atom. The Balaban J connectivity index is 2.46. The van der Waals surface area contributed by atoms with Crippen LogP contribution in [0.2, 0.25) is 0 Å². The molecule has 1 aliphatic heterocycles. The fourth-order valence-electron chi connectivity index (χ4n) is 3.49. The van der Waals surface area contributed by atoms with Gasteiger partial charge in [-0.3, -0.25) is 9.59 Å². The Morgan fingerprint density at radius 3 is 2.17 bits per heavy atom. The first-order valence-corrected chi connectivity index (χ1v) is 7.23. The van der Waals surface area contributed by atoms with E-state index in [1.165, 1.54) is 14.2 Å². The molecule has 0 spiro atoms. The summed E-state index contributed by atoms with van der Waals surface area (Å²) in [5.74, 6) is -2.10. The van der Waals surface area contributed by atoms with Crippen LogP contribution in [0.3, 0.4) is 0 Å². The summed E-state index contributed by atoms with van der Waals surface area (Å²) in [4.78, 5) is 37.0. The lowest BCUT2D eigenvalue weighted by atomic mass is 9.95. The minimum absolute atomic E-state index is 0.327. The molecule has 1 amide bonds. The van der Waals surface area contributed by atoms with Crippen LogP contribution < -0.4 is 0 Å². The molecule has 0 bridgehead atoms. The van der Waals surface area contributed by atoms with E-state index in [0.717, 1.165) is 5.01 Å². The van der Waals surface area contributed by atoms with Crippen LogP contribution in [-0.2, 0) is 23.8 Å². The van der Waals surface area contributed by atoms with Gasteiger partial charge in [0.15, 0.2) is 0 Å². The summed E-state index contributed by atoms with van der Waals surface area (Å²) >= 11 is 0. The molecule has 0 aromatic carbocycles. The summed E-state index contributed by atoms with van der Waals surface area (Å²) in [6.07, 6.45) is -0.725.